The lowest BCUT2D eigenvalue weighted by molar-refractivity contribution is 0.104. The number of aliphatic hydroxyl groups excluding tert-OH is 1. The van der Waals surface area contributed by atoms with Gasteiger partial charge in [0.15, 0.2) is 0 Å². The highest BCUT2D eigenvalue weighted by atomic mass is 79.9. The van der Waals surface area contributed by atoms with E-state index in [0.29, 0.717) is 19.6 Å². The van der Waals surface area contributed by atoms with Crippen molar-refractivity contribution >= 4 is 26.7 Å². The molecule has 2 aromatic rings. The second-order valence-electron chi connectivity index (χ2n) is 3.81. The van der Waals surface area contributed by atoms with E-state index in [9.17, 15) is 0 Å². The first-order valence-electron chi connectivity index (χ1n) is 5.52. The van der Waals surface area contributed by atoms with Crippen LogP contribution in [0.1, 0.15) is 12.0 Å². The van der Waals surface area contributed by atoms with Crippen LogP contribution in [0, 0.1) is 0 Å². The Balaban J connectivity index is 2.11. The van der Waals surface area contributed by atoms with E-state index in [0.717, 1.165) is 20.8 Å². The second-order valence-corrected chi connectivity index (χ2v) is 4.66. The minimum atomic E-state index is 0.176. The van der Waals surface area contributed by atoms with Crippen molar-refractivity contribution in [1.82, 2.24) is 4.98 Å². The maximum atomic E-state index is 8.65. The molecule has 90 valence electrons. The fourth-order valence-corrected chi connectivity index (χ4v) is 2.08. The number of benzene rings is 1. The zero-order valence-electron chi connectivity index (χ0n) is 9.40. The van der Waals surface area contributed by atoms with Crippen LogP contribution >= 0.6 is 15.9 Å². The average molecular weight is 296 g/mol. The zero-order chi connectivity index (χ0) is 12.1. The first-order valence-corrected chi connectivity index (χ1v) is 6.31. The van der Waals surface area contributed by atoms with Gasteiger partial charge in [-0.2, -0.15) is 0 Å². The number of aliphatic hydroxyl groups is 1. The van der Waals surface area contributed by atoms with Gasteiger partial charge in [0.2, 0.25) is 0 Å². The summed E-state index contributed by atoms with van der Waals surface area (Å²) < 4.78 is 6.45. The van der Waals surface area contributed by atoms with Gasteiger partial charge >= 0.3 is 0 Å². The highest BCUT2D eigenvalue weighted by Gasteiger charge is 2.01. The van der Waals surface area contributed by atoms with Crippen LogP contribution in [0.2, 0.25) is 0 Å². The fraction of sp³-hybridized carbons (Fsp3) is 0.308. The average Bonchev–Trinajstić information content (AvgIpc) is 2.36. The minimum Gasteiger partial charge on any atom is -0.396 e. The van der Waals surface area contributed by atoms with Crippen molar-refractivity contribution in [2.45, 2.75) is 13.0 Å². The highest BCUT2D eigenvalue weighted by Crippen LogP contribution is 2.23. The van der Waals surface area contributed by atoms with E-state index in [1.54, 1.807) is 6.20 Å². The smallest absolute Gasteiger partial charge is 0.0717 e. The molecule has 3 nitrogen and oxygen atoms in total. The van der Waals surface area contributed by atoms with E-state index in [2.05, 4.69) is 27.0 Å². The summed E-state index contributed by atoms with van der Waals surface area (Å²) in [5.41, 5.74) is 1.13. The first kappa shape index (κ1) is 12.5. The Labute approximate surface area is 109 Å². The van der Waals surface area contributed by atoms with E-state index in [1.807, 2.05) is 18.3 Å². The number of aromatic nitrogens is 1. The number of nitrogens with zero attached hydrogens (tertiary/aromatic N) is 1. The van der Waals surface area contributed by atoms with Gasteiger partial charge in [0.05, 0.1) is 6.61 Å². The molecule has 1 aromatic carbocycles. The molecule has 0 fully saturated rings. The van der Waals surface area contributed by atoms with Gasteiger partial charge in [0.1, 0.15) is 0 Å². The number of pyridine rings is 1. The molecule has 0 aliphatic carbocycles. The lowest BCUT2D eigenvalue weighted by atomic mass is 10.1. The quantitative estimate of drug-likeness (QED) is 0.863. The van der Waals surface area contributed by atoms with Crippen LogP contribution in [0.3, 0.4) is 0 Å². The number of hydrogen-bond acceptors (Lipinski definition) is 3. The molecule has 1 aromatic heterocycles. The normalized spacial score (nSPS) is 10.9. The summed E-state index contributed by atoms with van der Waals surface area (Å²) in [6.07, 6.45) is 4.32. The van der Waals surface area contributed by atoms with Crippen molar-refractivity contribution < 1.29 is 9.84 Å². The molecule has 4 heteroatoms. The van der Waals surface area contributed by atoms with Gasteiger partial charge in [0.25, 0.3) is 0 Å². The van der Waals surface area contributed by atoms with E-state index in [1.165, 1.54) is 0 Å². The molecule has 0 amide bonds. The van der Waals surface area contributed by atoms with Gasteiger partial charge in [-0.3, -0.25) is 4.98 Å². The van der Waals surface area contributed by atoms with Crippen molar-refractivity contribution in [1.29, 1.82) is 0 Å². The second kappa shape index (κ2) is 6.10. The Kier molecular flexibility index (Phi) is 4.48. The van der Waals surface area contributed by atoms with E-state index in [4.69, 9.17) is 9.84 Å². The Morgan fingerprint density at radius 3 is 3.00 bits per heavy atom. The number of halogens is 1. The summed E-state index contributed by atoms with van der Waals surface area (Å²) in [7, 11) is 0. The Hall–Kier alpha value is -0.970. The van der Waals surface area contributed by atoms with Crippen LogP contribution in [0.25, 0.3) is 10.8 Å². The summed E-state index contributed by atoms with van der Waals surface area (Å²) in [5.74, 6) is 0. The van der Waals surface area contributed by atoms with Crippen LogP contribution in [0.5, 0.6) is 0 Å². The summed E-state index contributed by atoms with van der Waals surface area (Å²) in [6, 6.07) is 6.17. The molecule has 17 heavy (non-hydrogen) atoms. The maximum absolute atomic E-state index is 8.65. The standard InChI is InChI=1S/C13H14BrNO2/c14-13-8-15-7-11-3-2-10(6-12(11)13)9-17-5-1-4-16/h2-3,6-8,16H,1,4-5,9H2. The van der Waals surface area contributed by atoms with Crippen molar-refractivity contribution in [3.63, 3.8) is 0 Å². The van der Waals surface area contributed by atoms with Crippen LogP contribution in [-0.2, 0) is 11.3 Å². The van der Waals surface area contributed by atoms with Crippen LogP contribution in [0.15, 0.2) is 35.1 Å². The van der Waals surface area contributed by atoms with Gasteiger partial charge in [0, 0.05) is 35.5 Å². The minimum absolute atomic E-state index is 0.176. The third kappa shape index (κ3) is 3.25. The fourth-order valence-electron chi connectivity index (χ4n) is 1.62. The summed E-state index contributed by atoms with van der Waals surface area (Å²) in [6.45, 7) is 1.34. The SMILES string of the molecule is OCCCOCc1ccc2cncc(Br)c2c1. The third-order valence-corrected chi connectivity index (χ3v) is 3.12. The van der Waals surface area contributed by atoms with Crippen LogP contribution < -0.4 is 0 Å². The number of rotatable bonds is 5. The van der Waals surface area contributed by atoms with Crippen LogP contribution in [0.4, 0.5) is 0 Å². The van der Waals surface area contributed by atoms with Crippen molar-refractivity contribution in [2.24, 2.45) is 0 Å². The number of hydrogen-bond donors (Lipinski definition) is 1. The van der Waals surface area contributed by atoms with Gasteiger partial charge in [-0.1, -0.05) is 12.1 Å². The lowest BCUT2D eigenvalue weighted by Crippen LogP contribution is -1.97. The summed E-state index contributed by atoms with van der Waals surface area (Å²) in [5, 5.41) is 10.9. The summed E-state index contributed by atoms with van der Waals surface area (Å²) in [4.78, 5) is 4.12. The van der Waals surface area contributed by atoms with Gasteiger partial charge in [-0.15, -0.1) is 0 Å². The molecule has 0 atom stereocenters. The molecule has 0 radical (unpaired) electrons. The van der Waals surface area contributed by atoms with Gasteiger partial charge in [-0.25, -0.2) is 0 Å². The van der Waals surface area contributed by atoms with Crippen molar-refractivity contribution in [3.8, 4) is 0 Å². The maximum Gasteiger partial charge on any atom is 0.0717 e. The van der Waals surface area contributed by atoms with Crippen molar-refractivity contribution in [3.05, 3.63) is 40.6 Å². The molecule has 0 spiro atoms. The molecular formula is C13H14BrNO2. The Morgan fingerprint density at radius 1 is 1.29 bits per heavy atom. The van der Waals surface area contributed by atoms with Gasteiger partial charge in [-0.05, 0) is 39.4 Å². The number of fused-ring (bicyclic) bond motifs is 1. The molecule has 1 heterocycles. The van der Waals surface area contributed by atoms with E-state index in [-0.39, 0.29) is 6.61 Å². The predicted molar refractivity (Wildman–Crippen MR) is 70.8 cm³/mol. The molecule has 0 aliphatic rings. The zero-order valence-corrected chi connectivity index (χ0v) is 11.0. The Bertz CT molecular complexity index is 502. The van der Waals surface area contributed by atoms with Gasteiger partial charge < -0.3 is 9.84 Å². The molecule has 0 unspecified atom stereocenters. The largest absolute Gasteiger partial charge is 0.396 e. The van der Waals surface area contributed by atoms with Crippen molar-refractivity contribution in [2.75, 3.05) is 13.2 Å². The Morgan fingerprint density at radius 2 is 2.18 bits per heavy atom. The van der Waals surface area contributed by atoms with E-state index < -0.39 is 0 Å². The predicted octanol–water partition coefficient (Wildman–Crippen LogP) is 2.90. The third-order valence-electron chi connectivity index (χ3n) is 2.49. The molecule has 0 bridgehead atoms. The van der Waals surface area contributed by atoms with Crippen LogP contribution in [-0.4, -0.2) is 23.3 Å². The monoisotopic (exact) mass is 295 g/mol. The van der Waals surface area contributed by atoms with E-state index >= 15 is 0 Å². The molecule has 0 saturated heterocycles. The molecule has 0 aliphatic heterocycles. The lowest BCUT2D eigenvalue weighted by Gasteiger charge is -2.06. The molecule has 0 saturated carbocycles. The molecule has 1 N–H and O–H groups in total. The molecular weight excluding hydrogens is 282 g/mol. The summed E-state index contributed by atoms with van der Waals surface area (Å²) >= 11 is 3.49. The topological polar surface area (TPSA) is 42.4 Å². The highest BCUT2D eigenvalue weighted by molar-refractivity contribution is 9.10. The molecule has 2 rings (SSSR count). The first-order chi connectivity index (χ1) is 8.31. The number of ether oxygens (including phenoxy) is 1.